The summed E-state index contributed by atoms with van der Waals surface area (Å²) in [5.74, 6) is 1.30. The van der Waals surface area contributed by atoms with Gasteiger partial charge in [0.15, 0.2) is 5.78 Å². The van der Waals surface area contributed by atoms with Crippen LogP contribution in [0.2, 0.25) is 0 Å². The molecular formula is C19H26O2. The van der Waals surface area contributed by atoms with Crippen molar-refractivity contribution in [1.82, 2.24) is 0 Å². The maximum Gasteiger partial charge on any atom is 0.191 e. The molecule has 2 aliphatic rings. The minimum atomic E-state index is -0.250. The summed E-state index contributed by atoms with van der Waals surface area (Å²) in [5.41, 5.74) is 2.21. The Morgan fingerprint density at radius 1 is 1.00 bits per heavy atom. The fourth-order valence-corrected chi connectivity index (χ4v) is 3.78. The molecular weight excluding hydrogens is 260 g/mol. The van der Waals surface area contributed by atoms with Crippen molar-refractivity contribution >= 4 is 5.78 Å². The normalized spacial score (nSPS) is 21.8. The Morgan fingerprint density at radius 2 is 1.67 bits per heavy atom. The molecule has 2 aliphatic carbocycles. The molecule has 0 N–H and O–H groups in total. The van der Waals surface area contributed by atoms with Gasteiger partial charge in [-0.1, -0.05) is 49.9 Å². The van der Waals surface area contributed by atoms with Gasteiger partial charge in [0.25, 0.3) is 0 Å². The lowest BCUT2D eigenvalue weighted by Crippen LogP contribution is -2.33. The highest BCUT2D eigenvalue weighted by Gasteiger charge is 2.30. The van der Waals surface area contributed by atoms with Gasteiger partial charge >= 0.3 is 0 Å². The van der Waals surface area contributed by atoms with Crippen LogP contribution < -0.4 is 0 Å². The Morgan fingerprint density at radius 3 is 2.19 bits per heavy atom. The zero-order valence-corrected chi connectivity index (χ0v) is 13.0. The number of carbonyl (C=O) groups is 1. The first-order valence-electron chi connectivity index (χ1n) is 8.46. The number of ketones is 1. The molecule has 0 heterocycles. The number of rotatable bonds is 5. The van der Waals surface area contributed by atoms with E-state index in [-0.39, 0.29) is 11.9 Å². The maximum atomic E-state index is 12.7. The smallest absolute Gasteiger partial charge is 0.191 e. The first-order valence-corrected chi connectivity index (χ1v) is 8.46. The Bertz CT molecular complexity index is 467. The second-order valence-corrected chi connectivity index (χ2v) is 6.67. The van der Waals surface area contributed by atoms with E-state index in [9.17, 15) is 4.79 Å². The lowest BCUT2D eigenvalue weighted by molar-refractivity contribution is 0.0314. The van der Waals surface area contributed by atoms with E-state index >= 15 is 0 Å². The zero-order chi connectivity index (χ0) is 14.7. The summed E-state index contributed by atoms with van der Waals surface area (Å²) in [6.07, 6.45) is 9.73. The fraction of sp³-hybridized carbons (Fsp3) is 0.632. The van der Waals surface area contributed by atoms with Crippen LogP contribution in [0, 0.1) is 5.92 Å². The molecule has 0 spiro atoms. The van der Waals surface area contributed by atoms with Crippen molar-refractivity contribution in [2.75, 3.05) is 7.11 Å². The molecule has 3 rings (SSSR count). The Labute approximate surface area is 127 Å². The molecule has 1 aromatic rings. The highest BCUT2D eigenvalue weighted by molar-refractivity contribution is 5.99. The average molecular weight is 286 g/mol. The first-order chi connectivity index (χ1) is 10.3. The molecule has 2 saturated carbocycles. The van der Waals surface area contributed by atoms with Gasteiger partial charge in [0.05, 0.1) is 0 Å². The number of carbonyl (C=O) groups excluding carboxylic acids is 1. The van der Waals surface area contributed by atoms with Crippen molar-refractivity contribution < 1.29 is 9.53 Å². The van der Waals surface area contributed by atoms with Gasteiger partial charge in [0.2, 0.25) is 0 Å². The molecule has 2 fully saturated rings. The molecule has 0 amide bonds. The Kier molecular flexibility index (Phi) is 4.74. The number of hydrogen-bond donors (Lipinski definition) is 0. The predicted molar refractivity (Wildman–Crippen MR) is 84.7 cm³/mol. The lowest BCUT2D eigenvalue weighted by Gasteiger charge is -2.28. The van der Waals surface area contributed by atoms with Crippen molar-refractivity contribution in [3.8, 4) is 0 Å². The monoisotopic (exact) mass is 286 g/mol. The standard InChI is InChI=1S/C19H26O2/c1-21-19(17-6-3-2-4-7-17)18(20)16-12-10-15(11-13-16)14-8-5-9-14/h10-14,17,19H,2-9H2,1H3. The highest BCUT2D eigenvalue weighted by atomic mass is 16.5. The van der Waals surface area contributed by atoms with Gasteiger partial charge in [-0.05, 0) is 43.1 Å². The largest absolute Gasteiger partial charge is 0.373 e. The minimum absolute atomic E-state index is 0.171. The fourth-order valence-electron chi connectivity index (χ4n) is 3.78. The van der Waals surface area contributed by atoms with Crippen molar-refractivity contribution in [1.29, 1.82) is 0 Å². The molecule has 21 heavy (non-hydrogen) atoms. The van der Waals surface area contributed by atoms with Crippen molar-refractivity contribution in [3.63, 3.8) is 0 Å². The van der Waals surface area contributed by atoms with Gasteiger partial charge < -0.3 is 4.74 Å². The summed E-state index contributed by atoms with van der Waals surface area (Å²) < 4.78 is 5.57. The molecule has 1 aromatic carbocycles. The lowest BCUT2D eigenvalue weighted by atomic mass is 9.79. The predicted octanol–water partition coefficient (Wildman–Crippen LogP) is 4.73. The third-order valence-electron chi connectivity index (χ3n) is 5.36. The van der Waals surface area contributed by atoms with E-state index in [1.54, 1.807) is 7.11 Å². The number of Topliss-reactive ketones (excluding diaryl/α,β-unsaturated/α-hetero) is 1. The van der Waals surface area contributed by atoms with Gasteiger partial charge in [0, 0.05) is 12.7 Å². The van der Waals surface area contributed by atoms with E-state index in [0.29, 0.717) is 5.92 Å². The molecule has 1 unspecified atom stereocenters. The Balaban J connectivity index is 1.69. The molecule has 0 aliphatic heterocycles. The molecule has 0 aromatic heterocycles. The molecule has 0 bridgehead atoms. The third kappa shape index (κ3) is 3.21. The van der Waals surface area contributed by atoms with Crippen LogP contribution in [0.25, 0.3) is 0 Å². The number of ether oxygens (including phenoxy) is 1. The topological polar surface area (TPSA) is 26.3 Å². The van der Waals surface area contributed by atoms with Crippen LogP contribution in [0.15, 0.2) is 24.3 Å². The van der Waals surface area contributed by atoms with Crippen LogP contribution in [-0.2, 0) is 4.74 Å². The molecule has 0 radical (unpaired) electrons. The van der Waals surface area contributed by atoms with Crippen LogP contribution in [0.4, 0.5) is 0 Å². The summed E-state index contributed by atoms with van der Waals surface area (Å²) >= 11 is 0. The SMILES string of the molecule is COC(C(=O)c1ccc(C2CCC2)cc1)C1CCCCC1. The van der Waals surface area contributed by atoms with Crippen LogP contribution in [-0.4, -0.2) is 19.0 Å². The summed E-state index contributed by atoms with van der Waals surface area (Å²) in [4.78, 5) is 12.7. The summed E-state index contributed by atoms with van der Waals surface area (Å²) in [6, 6.07) is 8.30. The van der Waals surface area contributed by atoms with E-state index in [1.165, 1.54) is 44.1 Å². The zero-order valence-electron chi connectivity index (χ0n) is 13.0. The van der Waals surface area contributed by atoms with Gasteiger partial charge in [-0.3, -0.25) is 4.79 Å². The maximum absolute atomic E-state index is 12.7. The third-order valence-corrected chi connectivity index (χ3v) is 5.36. The molecule has 2 heteroatoms. The van der Waals surface area contributed by atoms with Crippen molar-refractivity contribution in [2.24, 2.45) is 5.92 Å². The quantitative estimate of drug-likeness (QED) is 0.731. The van der Waals surface area contributed by atoms with Gasteiger partial charge in [0.1, 0.15) is 6.10 Å². The minimum Gasteiger partial charge on any atom is -0.373 e. The first kappa shape index (κ1) is 14.8. The number of benzene rings is 1. The van der Waals surface area contributed by atoms with E-state index in [2.05, 4.69) is 12.1 Å². The van der Waals surface area contributed by atoms with E-state index < -0.39 is 0 Å². The number of hydrogen-bond acceptors (Lipinski definition) is 2. The van der Waals surface area contributed by atoms with Gasteiger partial charge in [-0.15, -0.1) is 0 Å². The average Bonchev–Trinajstić information content (AvgIpc) is 2.48. The van der Waals surface area contributed by atoms with Gasteiger partial charge in [-0.2, -0.15) is 0 Å². The Hall–Kier alpha value is -1.15. The second kappa shape index (κ2) is 6.74. The molecule has 2 nitrogen and oxygen atoms in total. The summed E-state index contributed by atoms with van der Waals surface area (Å²) in [6.45, 7) is 0. The highest BCUT2D eigenvalue weighted by Crippen LogP contribution is 2.36. The summed E-state index contributed by atoms with van der Waals surface area (Å²) in [5, 5.41) is 0. The second-order valence-electron chi connectivity index (χ2n) is 6.67. The van der Waals surface area contributed by atoms with Crippen molar-refractivity contribution in [2.45, 2.75) is 63.4 Å². The van der Waals surface area contributed by atoms with Crippen LogP contribution >= 0.6 is 0 Å². The van der Waals surface area contributed by atoms with Gasteiger partial charge in [-0.25, -0.2) is 0 Å². The number of methoxy groups -OCH3 is 1. The van der Waals surface area contributed by atoms with Crippen LogP contribution in [0.5, 0.6) is 0 Å². The van der Waals surface area contributed by atoms with E-state index in [4.69, 9.17) is 4.74 Å². The van der Waals surface area contributed by atoms with Crippen LogP contribution in [0.1, 0.15) is 73.2 Å². The van der Waals surface area contributed by atoms with Crippen molar-refractivity contribution in [3.05, 3.63) is 35.4 Å². The van der Waals surface area contributed by atoms with E-state index in [1.807, 2.05) is 12.1 Å². The molecule has 114 valence electrons. The molecule has 0 saturated heterocycles. The van der Waals surface area contributed by atoms with E-state index in [0.717, 1.165) is 24.3 Å². The molecule has 1 atom stereocenters. The van der Waals surface area contributed by atoms with Crippen LogP contribution in [0.3, 0.4) is 0 Å². The summed E-state index contributed by atoms with van der Waals surface area (Å²) in [7, 11) is 1.68.